The number of nitrogens with zero attached hydrogens (tertiary/aromatic N) is 1. The van der Waals surface area contributed by atoms with E-state index >= 15 is 0 Å². The molecule has 2 aliphatic carbocycles. The molecule has 0 aromatic carbocycles. The number of aromatic nitrogens is 1. The largest absolute Gasteiger partial charge is 0.340 e. The number of nitrogens with one attached hydrogen (secondary N) is 1. The summed E-state index contributed by atoms with van der Waals surface area (Å²) < 4.78 is 14.5. The molecule has 1 fully saturated rings. The number of rotatable bonds is 1. The summed E-state index contributed by atoms with van der Waals surface area (Å²) in [6.45, 7) is -0.628. The number of halogens is 2. The Labute approximate surface area is 124 Å². The van der Waals surface area contributed by atoms with E-state index in [4.69, 9.17) is 0 Å². The molecule has 2 unspecified atom stereocenters. The van der Waals surface area contributed by atoms with E-state index in [1.165, 1.54) is 0 Å². The fourth-order valence-corrected chi connectivity index (χ4v) is 4.41. The number of aryl methyl sites for hydroxylation is 1. The van der Waals surface area contributed by atoms with Gasteiger partial charge in [-0.3, -0.25) is 9.78 Å². The number of carbonyl (C=O) groups excluding carboxylic acids is 1. The summed E-state index contributed by atoms with van der Waals surface area (Å²) in [6, 6.07) is 3.78. The highest BCUT2D eigenvalue weighted by Crippen LogP contribution is 2.54. The summed E-state index contributed by atoms with van der Waals surface area (Å²) in [7, 11) is 0. The molecule has 3 aliphatic rings. The van der Waals surface area contributed by atoms with Crippen LogP contribution in [-0.2, 0) is 16.6 Å². The minimum Gasteiger partial charge on any atom is -0.340 e. The lowest BCUT2D eigenvalue weighted by Gasteiger charge is -2.26. The second-order valence-corrected chi connectivity index (χ2v) is 6.47. The third-order valence-corrected chi connectivity index (χ3v) is 5.09. The molecule has 4 rings (SSSR count). The van der Waals surface area contributed by atoms with E-state index in [0.29, 0.717) is 6.42 Å². The highest BCUT2D eigenvalue weighted by molar-refractivity contribution is 9.11. The molecule has 1 spiro atoms. The Hall–Kier alpha value is -1.49. The molecule has 1 amide bonds. The van der Waals surface area contributed by atoms with Crippen molar-refractivity contribution in [2.75, 3.05) is 6.67 Å². The smallest absolute Gasteiger partial charge is 0.236 e. The van der Waals surface area contributed by atoms with Crippen LogP contribution in [-0.4, -0.2) is 23.1 Å². The standard InChI is InChI=1S/C15H12BrFN2O/c16-9-6-12-14(7-9,8-17)19-13(20)15(12)4-3-11-10(15)2-1-5-18-11/h1-2,5-7H,3-4,8H2,(H,19,20). The summed E-state index contributed by atoms with van der Waals surface area (Å²) in [5.41, 5.74) is 0.960. The molecule has 1 saturated heterocycles. The van der Waals surface area contributed by atoms with Crippen LogP contribution in [0.1, 0.15) is 17.7 Å². The summed E-state index contributed by atoms with van der Waals surface area (Å²) in [4.78, 5) is 17.0. The molecule has 1 aromatic rings. The van der Waals surface area contributed by atoms with E-state index in [-0.39, 0.29) is 5.91 Å². The van der Waals surface area contributed by atoms with E-state index in [9.17, 15) is 9.18 Å². The normalized spacial score (nSPS) is 33.8. The van der Waals surface area contributed by atoms with Crippen molar-refractivity contribution in [1.82, 2.24) is 10.3 Å². The molecule has 2 heterocycles. The van der Waals surface area contributed by atoms with Crippen LogP contribution in [0.5, 0.6) is 0 Å². The fourth-order valence-electron chi connectivity index (χ4n) is 3.79. The second kappa shape index (κ2) is 3.79. The van der Waals surface area contributed by atoms with Crippen molar-refractivity contribution in [3.63, 3.8) is 0 Å². The number of alkyl halides is 1. The fraction of sp³-hybridized carbons (Fsp3) is 0.333. The van der Waals surface area contributed by atoms with Gasteiger partial charge in [0, 0.05) is 16.4 Å². The number of fused-ring (bicyclic) bond motifs is 4. The van der Waals surface area contributed by atoms with Crippen molar-refractivity contribution in [2.45, 2.75) is 23.8 Å². The van der Waals surface area contributed by atoms with Crippen LogP contribution in [0.2, 0.25) is 0 Å². The SMILES string of the molecule is O=C1NC2(CF)C=C(Br)C=C2C12CCc1ncccc12. The van der Waals surface area contributed by atoms with E-state index in [2.05, 4.69) is 26.2 Å². The second-order valence-electron chi connectivity index (χ2n) is 5.55. The summed E-state index contributed by atoms with van der Waals surface area (Å²) in [5.74, 6) is -0.107. The van der Waals surface area contributed by atoms with E-state index in [1.807, 2.05) is 18.2 Å². The third kappa shape index (κ3) is 1.24. The van der Waals surface area contributed by atoms with Gasteiger partial charge in [-0.25, -0.2) is 4.39 Å². The van der Waals surface area contributed by atoms with Crippen molar-refractivity contribution in [3.8, 4) is 0 Å². The first-order valence-electron chi connectivity index (χ1n) is 6.56. The average molecular weight is 335 g/mol. The zero-order chi connectivity index (χ0) is 14.0. The number of hydrogen-bond acceptors (Lipinski definition) is 2. The highest BCUT2D eigenvalue weighted by atomic mass is 79.9. The van der Waals surface area contributed by atoms with Crippen molar-refractivity contribution in [1.29, 1.82) is 0 Å². The zero-order valence-electron chi connectivity index (χ0n) is 10.6. The van der Waals surface area contributed by atoms with Gasteiger partial charge in [-0.2, -0.15) is 0 Å². The molecular weight excluding hydrogens is 323 g/mol. The van der Waals surface area contributed by atoms with Crippen molar-refractivity contribution in [3.05, 3.63) is 51.8 Å². The predicted molar refractivity (Wildman–Crippen MR) is 76.2 cm³/mol. The maximum atomic E-state index is 13.7. The number of carbonyl (C=O) groups is 1. The number of pyridine rings is 1. The van der Waals surface area contributed by atoms with Gasteiger partial charge in [0.1, 0.15) is 17.6 Å². The van der Waals surface area contributed by atoms with E-state index < -0.39 is 17.6 Å². The van der Waals surface area contributed by atoms with Gasteiger partial charge >= 0.3 is 0 Å². The lowest BCUT2D eigenvalue weighted by molar-refractivity contribution is -0.123. The van der Waals surface area contributed by atoms with Gasteiger partial charge in [-0.1, -0.05) is 22.0 Å². The summed E-state index contributed by atoms with van der Waals surface area (Å²) >= 11 is 3.41. The van der Waals surface area contributed by atoms with E-state index in [0.717, 1.165) is 27.7 Å². The maximum absolute atomic E-state index is 13.7. The first kappa shape index (κ1) is 12.3. The number of hydrogen-bond donors (Lipinski definition) is 1. The monoisotopic (exact) mass is 334 g/mol. The van der Waals surface area contributed by atoms with Gasteiger partial charge in [0.25, 0.3) is 0 Å². The minimum atomic E-state index is -0.979. The third-order valence-electron chi connectivity index (χ3n) is 4.63. The predicted octanol–water partition coefficient (Wildman–Crippen LogP) is 2.32. The first-order valence-corrected chi connectivity index (χ1v) is 7.36. The van der Waals surface area contributed by atoms with Crippen LogP contribution < -0.4 is 5.32 Å². The molecular formula is C15H12BrFN2O. The Bertz CT molecular complexity index is 699. The Kier molecular flexibility index (Phi) is 2.32. The van der Waals surface area contributed by atoms with Crippen LogP contribution in [0.4, 0.5) is 4.39 Å². The molecule has 1 aliphatic heterocycles. The van der Waals surface area contributed by atoms with Gasteiger partial charge in [0.05, 0.1) is 0 Å². The van der Waals surface area contributed by atoms with Crippen LogP contribution in [0.15, 0.2) is 40.5 Å². The van der Waals surface area contributed by atoms with Crippen molar-refractivity contribution >= 4 is 21.8 Å². The van der Waals surface area contributed by atoms with Gasteiger partial charge in [-0.05, 0) is 42.2 Å². The molecule has 1 aromatic heterocycles. The van der Waals surface area contributed by atoms with Crippen LogP contribution in [0.3, 0.4) is 0 Å². The zero-order valence-corrected chi connectivity index (χ0v) is 12.2. The van der Waals surface area contributed by atoms with Crippen LogP contribution in [0, 0.1) is 0 Å². The number of amides is 1. The van der Waals surface area contributed by atoms with Gasteiger partial charge in [-0.15, -0.1) is 0 Å². The molecule has 2 atom stereocenters. The van der Waals surface area contributed by atoms with E-state index in [1.54, 1.807) is 12.3 Å². The van der Waals surface area contributed by atoms with Gasteiger partial charge < -0.3 is 5.32 Å². The molecule has 1 N–H and O–H groups in total. The van der Waals surface area contributed by atoms with Crippen LogP contribution in [0.25, 0.3) is 0 Å². The Morgan fingerprint density at radius 3 is 3.15 bits per heavy atom. The Morgan fingerprint density at radius 2 is 2.35 bits per heavy atom. The highest BCUT2D eigenvalue weighted by Gasteiger charge is 2.62. The first-order chi connectivity index (χ1) is 9.62. The van der Waals surface area contributed by atoms with Crippen molar-refractivity contribution in [2.24, 2.45) is 0 Å². The molecule has 5 heteroatoms. The number of allylic oxidation sites excluding steroid dienone is 2. The lowest BCUT2D eigenvalue weighted by Crippen LogP contribution is -2.41. The quantitative estimate of drug-likeness (QED) is 0.856. The lowest BCUT2D eigenvalue weighted by atomic mass is 9.73. The van der Waals surface area contributed by atoms with Crippen LogP contribution >= 0.6 is 15.9 Å². The Balaban J connectivity index is 1.97. The van der Waals surface area contributed by atoms with Crippen molar-refractivity contribution < 1.29 is 9.18 Å². The molecule has 102 valence electrons. The minimum absolute atomic E-state index is 0.107. The maximum Gasteiger partial charge on any atom is 0.236 e. The topological polar surface area (TPSA) is 42.0 Å². The van der Waals surface area contributed by atoms with Gasteiger partial charge in [0.15, 0.2) is 0 Å². The summed E-state index contributed by atoms with van der Waals surface area (Å²) in [6.07, 6.45) is 6.79. The molecule has 3 nitrogen and oxygen atoms in total. The summed E-state index contributed by atoms with van der Waals surface area (Å²) in [5, 5.41) is 2.87. The molecule has 0 saturated carbocycles. The molecule has 0 bridgehead atoms. The van der Waals surface area contributed by atoms with Gasteiger partial charge in [0.2, 0.25) is 5.91 Å². The Morgan fingerprint density at radius 1 is 1.50 bits per heavy atom. The average Bonchev–Trinajstić information content (AvgIpc) is 3.04. The molecule has 0 radical (unpaired) electrons. The molecule has 20 heavy (non-hydrogen) atoms.